The SMILES string of the molecule is C[C@]12CC[C@@H](OS)C[C@H]1CCC1C2[C@@H]2O[C@@H]2[C@@]2(C)C1CCC21OCCO1. The largest absolute Gasteiger partial charge is 0.368 e. The molecule has 0 amide bonds. The zero-order valence-electron chi connectivity index (χ0n) is 16.0. The van der Waals surface area contributed by atoms with Gasteiger partial charge in [-0.1, -0.05) is 13.8 Å². The van der Waals surface area contributed by atoms with Crippen LogP contribution in [0.4, 0.5) is 0 Å². The summed E-state index contributed by atoms with van der Waals surface area (Å²) >= 11 is 4.12. The van der Waals surface area contributed by atoms with Gasteiger partial charge in [0.1, 0.15) is 0 Å². The molecule has 1 spiro atoms. The van der Waals surface area contributed by atoms with Gasteiger partial charge in [0.25, 0.3) is 0 Å². The van der Waals surface area contributed by atoms with Crippen molar-refractivity contribution in [2.75, 3.05) is 13.2 Å². The van der Waals surface area contributed by atoms with Crippen molar-refractivity contribution in [3.63, 3.8) is 0 Å². The van der Waals surface area contributed by atoms with Crippen molar-refractivity contribution in [2.24, 2.45) is 34.5 Å². The molecule has 2 saturated heterocycles. The molecule has 0 bridgehead atoms. The van der Waals surface area contributed by atoms with Crippen LogP contribution in [-0.4, -0.2) is 37.3 Å². The minimum atomic E-state index is -0.364. The number of ether oxygens (including phenoxy) is 3. The molecule has 2 heterocycles. The monoisotopic (exact) mass is 380 g/mol. The third kappa shape index (κ3) is 1.88. The lowest BCUT2D eigenvalue weighted by atomic mass is 9.45. The second kappa shape index (κ2) is 5.41. The molecular formula is C21H32O4S. The van der Waals surface area contributed by atoms with Gasteiger partial charge in [-0.15, -0.1) is 0 Å². The van der Waals surface area contributed by atoms with Gasteiger partial charge in [0.05, 0.1) is 36.9 Å². The summed E-state index contributed by atoms with van der Waals surface area (Å²) in [5.74, 6) is 2.56. The predicted molar refractivity (Wildman–Crippen MR) is 99.6 cm³/mol. The van der Waals surface area contributed by atoms with Crippen LogP contribution < -0.4 is 0 Å². The third-order valence-electron chi connectivity index (χ3n) is 9.82. The van der Waals surface area contributed by atoms with E-state index in [0.29, 0.717) is 35.6 Å². The molecule has 2 aliphatic heterocycles. The van der Waals surface area contributed by atoms with Gasteiger partial charge in [-0.2, -0.15) is 0 Å². The zero-order chi connectivity index (χ0) is 17.7. The summed E-state index contributed by atoms with van der Waals surface area (Å²) in [5, 5.41) is 0. The number of thiol groups is 1. The lowest BCUT2D eigenvalue weighted by molar-refractivity contribution is -0.242. The van der Waals surface area contributed by atoms with Crippen LogP contribution in [0.1, 0.15) is 58.8 Å². The number of epoxide rings is 1. The van der Waals surface area contributed by atoms with E-state index in [-0.39, 0.29) is 11.2 Å². The highest BCUT2D eigenvalue weighted by Gasteiger charge is 2.78. The minimum absolute atomic E-state index is 0.0456. The molecule has 6 rings (SSSR count). The Morgan fingerprint density at radius 2 is 1.81 bits per heavy atom. The van der Waals surface area contributed by atoms with Crippen molar-refractivity contribution in [1.82, 2.24) is 0 Å². The summed E-state index contributed by atoms with van der Waals surface area (Å²) in [6, 6.07) is 0. The lowest BCUT2D eigenvalue weighted by Crippen LogP contribution is -2.60. The van der Waals surface area contributed by atoms with Gasteiger partial charge >= 0.3 is 0 Å². The Balaban J connectivity index is 1.35. The molecule has 0 aromatic carbocycles. The van der Waals surface area contributed by atoms with Crippen LogP contribution in [0.15, 0.2) is 0 Å². The fourth-order valence-electron chi connectivity index (χ4n) is 8.57. The van der Waals surface area contributed by atoms with Crippen molar-refractivity contribution in [1.29, 1.82) is 0 Å². The molecule has 6 fully saturated rings. The summed E-state index contributed by atoms with van der Waals surface area (Å²) in [7, 11) is 0. The first-order valence-electron chi connectivity index (χ1n) is 10.8. The van der Waals surface area contributed by atoms with E-state index in [1.54, 1.807) is 0 Å². The van der Waals surface area contributed by atoms with Gasteiger partial charge in [-0.05, 0) is 80.5 Å². The van der Waals surface area contributed by atoms with Gasteiger partial charge in [0.2, 0.25) is 0 Å². The van der Waals surface area contributed by atoms with Crippen LogP contribution in [0.5, 0.6) is 0 Å². The van der Waals surface area contributed by atoms with Gasteiger partial charge in [0.15, 0.2) is 5.79 Å². The van der Waals surface area contributed by atoms with Crippen molar-refractivity contribution >= 4 is 12.9 Å². The third-order valence-corrected chi connectivity index (χ3v) is 10.1. The molecule has 3 unspecified atom stereocenters. The first-order chi connectivity index (χ1) is 12.5. The van der Waals surface area contributed by atoms with E-state index in [2.05, 4.69) is 26.8 Å². The standard InChI is InChI=1S/C21H32O4S/c1-19-7-5-13(25-26)11-12(19)3-4-14-15-6-8-21(22-9-10-23-21)20(15,2)18-17(24-18)16(14)19/h12-18,26H,3-11H2,1-2H3/t12-,13-,14?,15?,16?,17+,18+,19+,20-/m1/s1. The Bertz CT molecular complexity index is 607. The summed E-state index contributed by atoms with van der Waals surface area (Å²) in [6.07, 6.45) is 9.66. The van der Waals surface area contributed by atoms with Crippen molar-refractivity contribution in [2.45, 2.75) is 82.9 Å². The number of fused-ring (bicyclic) bond motifs is 9. The molecule has 4 saturated carbocycles. The zero-order valence-corrected chi connectivity index (χ0v) is 16.9. The highest BCUT2D eigenvalue weighted by atomic mass is 32.1. The Morgan fingerprint density at radius 1 is 1.00 bits per heavy atom. The Hall–Kier alpha value is 0.190. The van der Waals surface area contributed by atoms with E-state index in [1.807, 2.05) is 0 Å². The van der Waals surface area contributed by atoms with Crippen LogP contribution in [0.2, 0.25) is 0 Å². The normalized spacial score (nSPS) is 59.4. The van der Waals surface area contributed by atoms with Gasteiger partial charge in [0, 0.05) is 6.42 Å². The molecule has 0 N–H and O–H groups in total. The molecule has 6 aliphatic rings. The van der Waals surface area contributed by atoms with E-state index in [4.69, 9.17) is 18.4 Å². The Morgan fingerprint density at radius 3 is 2.58 bits per heavy atom. The smallest absolute Gasteiger partial charge is 0.176 e. The molecule has 26 heavy (non-hydrogen) atoms. The second-order valence-corrected chi connectivity index (χ2v) is 10.6. The molecule has 4 aliphatic carbocycles. The topological polar surface area (TPSA) is 40.2 Å². The maximum Gasteiger partial charge on any atom is 0.176 e. The number of rotatable bonds is 1. The van der Waals surface area contributed by atoms with E-state index < -0.39 is 0 Å². The van der Waals surface area contributed by atoms with Gasteiger partial charge in [-0.3, -0.25) is 0 Å². The first-order valence-corrected chi connectivity index (χ1v) is 11.1. The molecule has 0 aromatic rings. The molecule has 146 valence electrons. The van der Waals surface area contributed by atoms with Crippen molar-refractivity contribution < 1.29 is 18.4 Å². The predicted octanol–water partition coefficient (Wildman–Crippen LogP) is 3.99. The minimum Gasteiger partial charge on any atom is -0.368 e. The van der Waals surface area contributed by atoms with E-state index >= 15 is 0 Å². The fourth-order valence-corrected chi connectivity index (χ4v) is 8.76. The molecule has 0 radical (unpaired) electrons. The Kier molecular flexibility index (Phi) is 3.56. The number of hydrogen-bond acceptors (Lipinski definition) is 5. The molecule has 0 aromatic heterocycles. The highest BCUT2D eigenvalue weighted by molar-refractivity contribution is 7.75. The molecule has 4 nitrogen and oxygen atoms in total. The summed E-state index contributed by atoms with van der Waals surface area (Å²) in [5.41, 5.74) is 0.448. The fraction of sp³-hybridized carbons (Fsp3) is 1.00. The number of hydrogen-bond donors (Lipinski definition) is 1. The summed E-state index contributed by atoms with van der Waals surface area (Å²) in [6.45, 7) is 6.49. The highest BCUT2D eigenvalue weighted by Crippen LogP contribution is 2.74. The van der Waals surface area contributed by atoms with E-state index in [9.17, 15) is 0 Å². The average Bonchev–Trinajstić information content (AvgIpc) is 3.20. The van der Waals surface area contributed by atoms with E-state index in [1.165, 1.54) is 32.1 Å². The van der Waals surface area contributed by atoms with Crippen LogP contribution in [0, 0.1) is 34.5 Å². The average molecular weight is 381 g/mol. The van der Waals surface area contributed by atoms with Crippen LogP contribution in [-0.2, 0) is 18.4 Å². The Labute approximate surface area is 162 Å². The lowest BCUT2D eigenvalue weighted by Gasteiger charge is -2.59. The maximum absolute atomic E-state index is 6.51. The van der Waals surface area contributed by atoms with Crippen molar-refractivity contribution in [3.8, 4) is 0 Å². The molecule has 9 atom stereocenters. The molecule has 5 heteroatoms. The first kappa shape index (κ1) is 17.1. The summed E-state index contributed by atoms with van der Waals surface area (Å²) < 4.78 is 24.5. The van der Waals surface area contributed by atoms with Crippen LogP contribution in [0.25, 0.3) is 0 Å². The maximum atomic E-state index is 6.51. The van der Waals surface area contributed by atoms with Gasteiger partial charge in [-0.25, -0.2) is 0 Å². The van der Waals surface area contributed by atoms with Crippen molar-refractivity contribution in [3.05, 3.63) is 0 Å². The summed E-state index contributed by atoms with van der Waals surface area (Å²) in [4.78, 5) is 0. The van der Waals surface area contributed by atoms with Crippen LogP contribution >= 0.6 is 12.9 Å². The van der Waals surface area contributed by atoms with E-state index in [0.717, 1.165) is 37.9 Å². The quantitative estimate of drug-likeness (QED) is 0.424. The molecular weight excluding hydrogens is 348 g/mol. The van der Waals surface area contributed by atoms with Crippen LogP contribution in [0.3, 0.4) is 0 Å². The van der Waals surface area contributed by atoms with Gasteiger partial charge < -0.3 is 18.4 Å². The second-order valence-electron chi connectivity index (χ2n) is 10.4.